The smallest absolute Gasteiger partial charge is 0.0480 e. The molecule has 2 aliphatic heterocycles. The molecule has 2 saturated heterocycles. The van der Waals surface area contributed by atoms with E-state index in [4.69, 9.17) is 0 Å². The van der Waals surface area contributed by atoms with Gasteiger partial charge in [-0.1, -0.05) is 30.3 Å². The van der Waals surface area contributed by atoms with Crippen molar-refractivity contribution < 1.29 is 5.11 Å². The molecule has 1 N–H and O–H groups in total. The van der Waals surface area contributed by atoms with Gasteiger partial charge in [-0.05, 0) is 37.8 Å². The molecule has 2 bridgehead atoms. The third-order valence-electron chi connectivity index (χ3n) is 4.87. The standard InChI is InChI=1S/C15H21NO/c1-16-12-7-8-15(16)14(10-17)13(9-12)11-5-3-2-4-6-11/h2-6,12-15,17H,7-10H2,1H3/t12?,13-,14-,15?/m0/s1. The first kappa shape index (κ1) is 11.2. The van der Waals surface area contributed by atoms with Gasteiger partial charge in [-0.15, -0.1) is 0 Å². The van der Waals surface area contributed by atoms with Crippen molar-refractivity contribution in [3.05, 3.63) is 35.9 Å². The van der Waals surface area contributed by atoms with Gasteiger partial charge in [-0.3, -0.25) is 0 Å². The predicted octanol–water partition coefficient (Wildman–Crippen LogP) is 2.25. The van der Waals surface area contributed by atoms with E-state index in [-0.39, 0.29) is 0 Å². The van der Waals surface area contributed by atoms with Crippen LogP contribution in [0, 0.1) is 5.92 Å². The van der Waals surface area contributed by atoms with Gasteiger partial charge in [0.05, 0.1) is 0 Å². The highest BCUT2D eigenvalue weighted by atomic mass is 16.3. The third kappa shape index (κ3) is 1.80. The van der Waals surface area contributed by atoms with Gasteiger partial charge in [0.2, 0.25) is 0 Å². The molecule has 0 amide bonds. The van der Waals surface area contributed by atoms with E-state index in [9.17, 15) is 5.11 Å². The Morgan fingerprint density at radius 2 is 2.00 bits per heavy atom. The van der Waals surface area contributed by atoms with Gasteiger partial charge in [0, 0.05) is 24.6 Å². The van der Waals surface area contributed by atoms with Crippen molar-refractivity contribution in [1.82, 2.24) is 4.90 Å². The summed E-state index contributed by atoms with van der Waals surface area (Å²) in [4.78, 5) is 2.50. The topological polar surface area (TPSA) is 23.5 Å². The van der Waals surface area contributed by atoms with Crippen LogP contribution in [-0.4, -0.2) is 35.7 Å². The SMILES string of the molecule is CN1C2CCC1[C@@H](CO)[C@H](c1ccccc1)C2. The quantitative estimate of drug-likeness (QED) is 0.844. The van der Waals surface area contributed by atoms with Gasteiger partial charge in [-0.2, -0.15) is 0 Å². The molecule has 2 nitrogen and oxygen atoms in total. The maximum Gasteiger partial charge on any atom is 0.0480 e. The molecule has 0 saturated carbocycles. The zero-order chi connectivity index (χ0) is 11.8. The van der Waals surface area contributed by atoms with Crippen LogP contribution in [-0.2, 0) is 0 Å². The lowest BCUT2D eigenvalue weighted by atomic mass is 9.76. The van der Waals surface area contributed by atoms with E-state index in [0.717, 1.165) is 6.04 Å². The molecule has 92 valence electrons. The van der Waals surface area contributed by atoms with Crippen molar-refractivity contribution in [2.24, 2.45) is 5.92 Å². The fraction of sp³-hybridized carbons (Fsp3) is 0.600. The van der Waals surface area contributed by atoms with Crippen LogP contribution in [0.2, 0.25) is 0 Å². The van der Waals surface area contributed by atoms with Gasteiger partial charge in [0.1, 0.15) is 0 Å². The average molecular weight is 231 g/mol. The Morgan fingerprint density at radius 3 is 2.71 bits per heavy atom. The van der Waals surface area contributed by atoms with E-state index in [1.54, 1.807) is 0 Å². The number of hydrogen-bond acceptors (Lipinski definition) is 2. The molecule has 3 rings (SSSR count). The number of aliphatic hydroxyl groups excluding tert-OH is 1. The highest BCUT2D eigenvalue weighted by Crippen LogP contribution is 2.45. The Morgan fingerprint density at radius 1 is 1.24 bits per heavy atom. The van der Waals surface area contributed by atoms with E-state index in [1.807, 2.05) is 0 Å². The van der Waals surface area contributed by atoms with Crippen molar-refractivity contribution in [2.45, 2.75) is 37.3 Å². The first-order valence-electron chi connectivity index (χ1n) is 6.69. The maximum atomic E-state index is 9.73. The first-order valence-corrected chi connectivity index (χ1v) is 6.69. The summed E-state index contributed by atoms with van der Waals surface area (Å²) in [5.74, 6) is 0.969. The Bertz CT molecular complexity index is 378. The molecule has 2 heteroatoms. The van der Waals surface area contributed by atoms with Crippen LogP contribution in [0.4, 0.5) is 0 Å². The van der Waals surface area contributed by atoms with Crippen molar-refractivity contribution in [1.29, 1.82) is 0 Å². The van der Waals surface area contributed by atoms with Gasteiger partial charge in [0.15, 0.2) is 0 Å². The zero-order valence-electron chi connectivity index (χ0n) is 10.4. The molecular formula is C15H21NO. The lowest BCUT2D eigenvalue weighted by Crippen LogP contribution is -2.47. The number of aliphatic hydroxyl groups is 1. The van der Waals surface area contributed by atoms with Crippen LogP contribution in [0.15, 0.2) is 30.3 Å². The van der Waals surface area contributed by atoms with Crippen molar-refractivity contribution in [2.75, 3.05) is 13.7 Å². The average Bonchev–Trinajstić information content (AvgIpc) is 2.64. The molecule has 0 aliphatic carbocycles. The van der Waals surface area contributed by atoms with E-state index in [2.05, 4.69) is 42.3 Å². The normalized spacial score (nSPS) is 37.3. The molecule has 0 aromatic heterocycles. The summed E-state index contributed by atoms with van der Waals surface area (Å²) in [7, 11) is 2.23. The highest BCUT2D eigenvalue weighted by Gasteiger charge is 2.45. The zero-order valence-corrected chi connectivity index (χ0v) is 10.4. The van der Waals surface area contributed by atoms with Crippen LogP contribution in [0.1, 0.15) is 30.7 Å². The van der Waals surface area contributed by atoms with Crippen LogP contribution >= 0.6 is 0 Å². The Kier molecular flexibility index (Phi) is 2.93. The number of benzene rings is 1. The van der Waals surface area contributed by atoms with Gasteiger partial charge >= 0.3 is 0 Å². The molecule has 2 fully saturated rings. The summed E-state index contributed by atoms with van der Waals surface area (Å²) < 4.78 is 0. The fourth-order valence-corrected chi connectivity index (χ4v) is 3.91. The molecule has 2 unspecified atom stereocenters. The van der Waals surface area contributed by atoms with Gasteiger partial charge < -0.3 is 10.0 Å². The van der Waals surface area contributed by atoms with Crippen LogP contribution in [0.3, 0.4) is 0 Å². The molecule has 0 radical (unpaired) electrons. The second-order valence-corrected chi connectivity index (χ2v) is 5.56. The summed E-state index contributed by atoms with van der Waals surface area (Å²) >= 11 is 0. The lowest BCUT2D eigenvalue weighted by molar-refractivity contribution is 0.0592. The molecule has 2 heterocycles. The maximum absolute atomic E-state index is 9.73. The number of piperidine rings is 1. The van der Waals surface area contributed by atoms with Crippen LogP contribution in [0.5, 0.6) is 0 Å². The summed E-state index contributed by atoms with van der Waals surface area (Å²) in [6.45, 7) is 0.321. The predicted molar refractivity (Wildman–Crippen MR) is 68.9 cm³/mol. The minimum Gasteiger partial charge on any atom is -0.396 e. The van der Waals surface area contributed by atoms with E-state index < -0.39 is 0 Å². The Labute approximate surface area is 103 Å². The highest BCUT2D eigenvalue weighted by molar-refractivity contribution is 5.23. The molecule has 2 aliphatic rings. The molecule has 1 aromatic carbocycles. The van der Waals surface area contributed by atoms with Crippen molar-refractivity contribution in [3.8, 4) is 0 Å². The minimum absolute atomic E-state index is 0.321. The largest absolute Gasteiger partial charge is 0.396 e. The Hall–Kier alpha value is -0.860. The Balaban J connectivity index is 1.90. The van der Waals surface area contributed by atoms with Gasteiger partial charge in [0.25, 0.3) is 0 Å². The van der Waals surface area contributed by atoms with Gasteiger partial charge in [-0.25, -0.2) is 0 Å². The molecule has 1 aromatic rings. The molecule has 17 heavy (non-hydrogen) atoms. The van der Waals surface area contributed by atoms with Crippen molar-refractivity contribution in [3.63, 3.8) is 0 Å². The second kappa shape index (κ2) is 4.43. The summed E-state index contributed by atoms with van der Waals surface area (Å²) in [6.07, 6.45) is 3.78. The number of rotatable bonds is 2. The second-order valence-electron chi connectivity index (χ2n) is 5.56. The monoisotopic (exact) mass is 231 g/mol. The summed E-state index contributed by atoms with van der Waals surface area (Å²) in [5.41, 5.74) is 1.41. The van der Waals surface area contributed by atoms with Crippen LogP contribution < -0.4 is 0 Å². The fourth-order valence-electron chi connectivity index (χ4n) is 3.91. The number of hydrogen-bond donors (Lipinski definition) is 1. The first-order chi connectivity index (χ1) is 8.31. The van der Waals surface area contributed by atoms with Crippen molar-refractivity contribution >= 4 is 0 Å². The lowest BCUT2D eigenvalue weighted by Gasteiger charge is -2.42. The van der Waals surface area contributed by atoms with E-state index >= 15 is 0 Å². The van der Waals surface area contributed by atoms with Crippen LogP contribution in [0.25, 0.3) is 0 Å². The number of nitrogens with zero attached hydrogens (tertiary/aromatic N) is 1. The summed E-state index contributed by atoms with van der Waals surface area (Å²) in [6, 6.07) is 12.1. The molecule has 4 atom stereocenters. The van der Waals surface area contributed by atoms with E-state index in [1.165, 1.54) is 24.8 Å². The summed E-state index contributed by atoms with van der Waals surface area (Å²) in [5, 5.41) is 9.73. The molecular weight excluding hydrogens is 210 g/mol. The minimum atomic E-state index is 0.321. The number of fused-ring (bicyclic) bond motifs is 2. The van der Waals surface area contributed by atoms with E-state index in [0.29, 0.717) is 24.5 Å². The molecule has 0 spiro atoms. The third-order valence-corrected chi connectivity index (χ3v) is 4.87.